The van der Waals surface area contributed by atoms with E-state index in [0.717, 1.165) is 10.8 Å². The van der Waals surface area contributed by atoms with Crippen LogP contribution in [0.1, 0.15) is 17.3 Å². The number of ether oxygens (including phenoxy) is 2. The summed E-state index contributed by atoms with van der Waals surface area (Å²) in [6, 6.07) is 7.32. The van der Waals surface area contributed by atoms with Crippen LogP contribution in [-0.2, 0) is 4.74 Å². The summed E-state index contributed by atoms with van der Waals surface area (Å²) in [5.74, 6) is 0.00413. The number of carbonyl (C=O) groups is 1. The van der Waals surface area contributed by atoms with Crippen molar-refractivity contribution in [3.63, 3.8) is 0 Å². The second kappa shape index (κ2) is 5.48. The van der Waals surface area contributed by atoms with Gasteiger partial charge in [-0.1, -0.05) is 6.07 Å². The molecule has 0 aliphatic rings. The van der Waals surface area contributed by atoms with Crippen molar-refractivity contribution in [1.82, 2.24) is 9.38 Å². The van der Waals surface area contributed by atoms with Crippen LogP contribution < -0.4 is 10.3 Å². The number of carbonyl (C=O) groups excluding carboxylic acids is 1. The van der Waals surface area contributed by atoms with E-state index in [1.54, 1.807) is 32.4 Å². The minimum Gasteiger partial charge on any atom is -0.497 e. The fourth-order valence-corrected chi connectivity index (χ4v) is 2.31. The lowest BCUT2D eigenvalue weighted by Gasteiger charge is -2.08. The van der Waals surface area contributed by atoms with Gasteiger partial charge in [0.25, 0.3) is 5.56 Å². The van der Waals surface area contributed by atoms with Gasteiger partial charge in [0.1, 0.15) is 17.0 Å². The molecule has 0 unspecified atom stereocenters. The number of esters is 1. The topological polar surface area (TPSA) is 69.9 Å². The Hall–Kier alpha value is -2.89. The summed E-state index contributed by atoms with van der Waals surface area (Å²) in [5.41, 5.74) is -0.0655. The van der Waals surface area contributed by atoms with Crippen LogP contribution in [0.2, 0.25) is 0 Å². The number of fused-ring (bicyclic) bond motifs is 3. The summed E-state index contributed by atoms with van der Waals surface area (Å²) < 4.78 is 11.4. The predicted molar refractivity (Wildman–Crippen MR) is 81.5 cm³/mol. The highest BCUT2D eigenvalue weighted by atomic mass is 16.5. The van der Waals surface area contributed by atoms with Gasteiger partial charge in [-0.2, -0.15) is 0 Å². The van der Waals surface area contributed by atoms with Crippen molar-refractivity contribution in [2.45, 2.75) is 6.92 Å². The molecule has 0 aliphatic heterocycles. The third kappa shape index (κ3) is 2.18. The van der Waals surface area contributed by atoms with Gasteiger partial charge in [0.15, 0.2) is 0 Å². The average molecular weight is 298 g/mol. The van der Waals surface area contributed by atoms with E-state index in [-0.39, 0.29) is 12.2 Å². The lowest BCUT2D eigenvalue weighted by molar-refractivity contribution is 0.0523. The normalized spacial score (nSPS) is 10.8. The number of benzene rings is 1. The molecule has 0 bridgehead atoms. The lowest BCUT2D eigenvalue weighted by atomic mass is 10.1. The minimum atomic E-state index is -0.667. The molecule has 0 amide bonds. The van der Waals surface area contributed by atoms with Gasteiger partial charge < -0.3 is 9.47 Å². The molecule has 0 N–H and O–H groups in total. The molecule has 6 heteroatoms. The van der Waals surface area contributed by atoms with Crippen molar-refractivity contribution in [3.8, 4) is 5.75 Å². The average Bonchev–Trinajstić information content (AvgIpc) is 2.54. The Morgan fingerprint density at radius 1 is 1.32 bits per heavy atom. The number of pyridine rings is 1. The molecule has 0 fully saturated rings. The van der Waals surface area contributed by atoms with Crippen molar-refractivity contribution >= 4 is 22.4 Å². The molecule has 2 heterocycles. The molecule has 6 nitrogen and oxygen atoms in total. The van der Waals surface area contributed by atoms with Crippen LogP contribution in [0.5, 0.6) is 5.75 Å². The van der Waals surface area contributed by atoms with E-state index < -0.39 is 11.5 Å². The quantitative estimate of drug-likeness (QED) is 0.546. The maximum Gasteiger partial charge on any atom is 0.345 e. The van der Waals surface area contributed by atoms with Gasteiger partial charge in [0, 0.05) is 17.8 Å². The van der Waals surface area contributed by atoms with Crippen LogP contribution in [0.25, 0.3) is 16.4 Å². The zero-order valence-electron chi connectivity index (χ0n) is 12.2. The van der Waals surface area contributed by atoms with Gasteiger partial charge in [-0.25, -0.2) is 9.78 Å². The summed E-state index contributed by atoms with van der Waals surface area (Å²) in [4.78, 5) is 28.5. The van der Waals surface area contributed by atoms with Crippen molar-refractivity contribution < 1.29 is 14.3 Å². The number of hydrogen-bond acceptors (Lipinski definition) is 5. The standard InChI is InChI=1S/C16H14N2O4/c1-3-22-16(20)13-9-17-14-12-8-11(21-2)5-4-10(12)6-7-18(14)15(13)19/h4-9H,3H2,1-2H3. The van der Waals surface area contributed by atoms with E-state index in [4.69, 9.17) is 9.47 Å². The first kappa shape index (κ1) is 14.1. The second-order valence-corrected chi connectivity index (χ2v) is 4.66. The van der Waals surface area contributed by atoms with Crippen LogP contribution >= 0.6 is 0 Å². The first-order valence-corrected chi connectivity index (χ1v) is 6.81. The highest BCUT2D eigenvalue weighted by Gasteiger charge is 2.15. The van der Waals surface area contributed by atoms with Gasteiger partial charge >= 0.3 is 5.97 Å². The van der Waals surface area contributed by atoms with Crippen molar-refractivity contribution in [3.05, 3.63) is 52.6 Å². The summed E-state index contributed by atoms with van der Waals surface area (Å²) in [7, 11) is 1.57. The van der Waals surface area contributed by atoms with Crippen LogP contribution in [0.3, 0.4) is 0 Å². The summed E-state index contributed by atoms with van der Waals surface area (Å²) in [6.45, 7) is 1.89. The van der Waals surface area contributed by atoms with Gasteiger partial charge in [0.05, 0.1) is 13.7 Å². The molecule has 0 saturated carbocycles. The van der Waals surface area contributed by atoms with E-state index in [1.165, 1.54) is 10.6 Å². The van der Waals surface area contributed by atoms with Gasteiger partial charge in [-0.3, -0.25) is 9.20 Å². The van der Waals surface area contributed by atoms with E-state index in [0.29, 0.717) is 11.4 Å². The molecule has 3 aromatic rings. The Bertz CT molecular complexity index is 930. The maximum absolute atomic E-state index is 12.4. The van der Waals surface area contributed by atoms with E-state index >= 15 is 0 Å². The van der Waals surface area contributed by atoms with Gasteiger partial charge in [-0.05, 0) is 30.5 Å². The van der Waals surface area contributed by atoms with Crippen LogP contribution in [0.4, 0.5) is 0 Å². The van der Waals surface area contributed by atoms with E-state index in [1.807, 2.05) is 12.1 Å². The molecule has 112 valence electrons. The Kier molecular flexibility index (Phi) is 3.50. The molecule has 3 rings (SSSR count). The summed E-state index contributed by atoms with van der Waals surface area (Å²) in [6.07, 6.45) is 2.86. The van der Waals surface area contributed by atoms with Crippen molar-refractivity contribution in [2.24, 2.45) is 0 Å². The lowest BCUT2D eigenvalue weighted by Crippen LogP contribution is -2.24. The molecular formula is C16H14N2O4. The number of nitrogens with zero attached hydrogens (tertiary/aromatic N) is 2. The minimum absolute atomic E-state index is 0.0819. The summed E-state index contributed by atoms with van der Waals surface area (Å²) in [5, 5.41) is 1.70. The first-order chi connectivity index (χ1) is 10.7. The van der Waals surface area contributed by atoms with E-state index in [9.17, 15) is 9.59 Å². The van der Waals surface area contributed by atoms with Gasteiger partial charge in [-0.15, -0.1) is 0 Å². The molecule has 0 saturated heterocycles. The fourth-order valence-electron chi connectivity index (χ4n) is 2.31. The molecular weight excluding hydrogens is 284 g/mol. The maximum atomic E-state index is 12.4. The second-order valence-electron chi connectivity index (χ2n) is 4.66. The first-order valence-electron chi connectivity index (χ1n) is 6.81. The van der Waals surface area contributed by atoms with Crippen LogP contribution in [0, 0.1) is 0 Å². The zero-order chi connectivity index (χ0) is 15.7. The molecule has 1 aromatic carbocycles. The Labute approximate surface area is 125 Å². The Balaban J connectivity index is 2.30. The smallest absolute Gasteiger partial charge is 0.345 e. The molecule has 0 radical (unpaired) electrons. The van der Waals surface area contributed by atoms with Crippen LogP contribution in [0.15, 0.2) is 41.5 Å². The number of rotatable bonds is 3. The number of hydrogen-bond donors (Lipinski definition) is 0. The molecule has 22 heavy (non-hydrogen) atoms. The monoisotopic (exact) mass is 298 g/mol. The highest BCUT2D eigenvalue weighted by molar-refractivity contribution is 5.95. The van der Waals surface area contributed by atoms with E-state index in [2.05, 4.69) is 4.98 Å². The highest BCUT2D eigenvalue weighted by Crippen LogP contribution is 2.23. The molecule has 0 atom stereocenters. The molecule has 2 aromatic heterocycles. The number of aromatic nitrogens is 2. The van der Waals surface area contributed by atoms with Crippen molar-refractivity contribution in [2.75, 3.05) is 13.7 Å². The largest absolute Gasteiger partial charge is 0.497 e. The molecule has 0 aliphatic carbocycles. The molecule has 0 spiro atoms. The third-order valence-corrected chi connectivity index (χ3v) is 3.39. The Morgan fingerprint density at radius 3 is 2.86 bits per heavy atom. The van der Waals surface area contributed by atoms with Gasteiger partial charge in [0.2, 0.25) is 0 Å². The van der Waals surface area contributed by atoms with Crippen LogP contribution in [-0.4, -0.2) is 29.1 Å². The predicted octanol–water partition coefficient (Wildman–Crippen LogP) is 2.03. The summed E-state index contributed by atoms with van der Waals surface area (Å²) >= 11 is 0. The number of methoxy groups -OCH3 is 1. The van der Waals surface area contributed by atoms with Crippen molar-refractivity contribution in [1.29, 1.82) is 0 Å². The SMILES string of the molecule is CCOC(=O)c1cnc2c3cc(OC)ccc3ccn2c1=O. The fraction of sp³-hybridized carbons (Fsp3) is 0.188. The third-order valence-electron chi connectivity index (χ3n) is 3.39. The zero-order valence-corrected chi connectivity index (χ0v) is 12.2. The Morgan fingerprint density at radius 2 is 2.14 bits per heavy atom.